The molecule has 0 spiro atoms. The molecule has 0 radical (unpaired) electrons. The average Bonchev–Trinajstić information content (AvgIpc) is 2.77. The molecule has 1 aromatic heterocycles. The van der Waals surface area contributed by atoms with Gasteiger partial charge in [-0.25, -0.2) is 9.97 Å². The lowest BCUT2D eigenvalue weighted by molar-refractivity contribution is -0.122. The summed E-state index contributed by atoms with van der Waals surface area (Å²) in [7, 11) is 0. The molecule has 1 atom stereocenters. The standard InChI is InChI=1S/C22H27N5O3/c23-21-18(12-24-14-26-21)22(29)27-7-1-3-16(13-27)10-20(28)25-11-15-5-6-19-17(9-15)4-2-8-30-19/h5-6,9,12,14,16H,1-4,7-8,10-11,13H2,(H,25,28)(H2,23,24,26). The zero-order chi connectivity index (χ0) is 20.9. The van der Waals surface area contributed by atoms with Crippen LogP contribution in [0.4, 0.5) is 5.82 Å². The summed E-state index contributed by atoms with van der Waals surface area (Å²) in [6.07, 6.45) is 7.00. The van der Waals surface area contributed by atoms with Crippen molar-refractivity contribution in [3.05, 3.63) is 47.4 Å². The van der Waals surface area contributed by atoms with Crippen LogP contribution in [0, 0.1) is 5.92 Å². The van der Waals surface area contributed by atoms with Crippen LogP contribution in [-0.4, -0.2) is 46.4 Å². The highest BCUT2D eigenvalue weighted by Gasteiger charge is 2.27. The number of aromatic nitrogens is 2. The molecule has 8 heteroatoms. The van der Waals surface area contributed by atoms with Gasteiger partial charge in [0, 0.05) is 32.3 Å². The fourth-order valence-electron chi connectivity index (χ4n) is 4.15. The molecule has 3 N–H and O–H groups in total. The van der Waals surface area contributed by atoms with E-state index in [4.69, 9.17) is 10.5 Å². The largest absolute Gasteiger partial charge is 0.493 e. The summed E-state index contributed by atoms with van der Waals surface area (Å²) < 4.78 is 5.64. The van der Waals surface area contributed by atoms with Crippen LogP contribution in [0.1, 0.15) is 47.2 Å². The lowest BCUT2D eigenvalue weighted by Crippen LogP contribution is -2.41. The van der Waals surface area contributed by atoms with Gasteiger partial charge in [0.2, 0.25) is 5.91 Å². The number of carbonyl (C=O) groups is 2. The van der Waals surface area contributed by atoms with Crippen molar-refractivity contribution >= 4 is 17.6 Å². The average molecular weight is 409 g/mol. The number of hydrogen-bond donors (Lipinski definition) is 2. The number of nitrogens with one attached hydrogen (secondary N) is 1. The van der Waals surface area contributed by atoms with Gasteiger partial charge in [-0.1, -0.05) is 12.1 Å². The molecular formula is C22H27N5O3. The first-order valence-electron chi connectivity index (χ1n) is 10.5. The number of carbonyl (C=O) groups excluding carboxylic acids is 2. The second-order valence-electron chi connectivity index (χ2n) is 7.96. The van der Waals surface area contributed by atoms with Crippen LogP contribution in [-0.2, 0) is 17.8 Å². The zero-order valence-corrected chi connectivity index (χ0v) is 17.0. The van der Waals surface area contributed by atoms with E-state index in [1.165, 1.54) is 18.1 Å². The summed E-state index contributed by atoms with van der Waals surface area (Å²) in [5, 5.41) is 3.01. The van der Waals surface area contributed by atoms with Crippen LogP contribution >= 0.6 is 0 Å². The third-order valence-corrected chi connectivity index (χ3v) is 5.72. The molecular weight excluding hydrogens is 382 g/mol. The van der Waals surface area contributed by atoms with Crippen molar-refractivity contribution in [1.29, 1.82) is 0 Å². The number of nitrogen functional groups attached to an aromatic ring is 1. The number of rotatable bonds is 5. The quantitative estimate of drug-likeness (QED) is 0.781. The van der Waals surface area contributed by atoms with Gasteiger partial charge in [-0.15, -0.1) is 0 Å². The molecule has 2 aromatic rings. The predicted molar refractivity (Wildman–Crippen MR) is 112 cm³/mol. The van der Waals surface area contributed by atoms with E-state index in [0.29, 0.717) is 31.6 Å². The van der Waals surface area contributed by atoms with E-state index in [0.717, 1.165) is 43.6 Å². The summed E-state index contributed by atoms with van der Waals surface area (Å²) in [5.74, 6) is 1.10. The van der Waals surface area contributed by atoms with Crippen LogP contribution in [0.15, 0.2) is 30.7 Å². The molecule has 158 valence electrons. The van der Waals surface area contributed by atoms with Gasteiger partial charge in [-0.05, 0) is 48.8 Å². The first kappa shape index (κ1) is 20.1. The monoisotopic (exact) mass is 409 g/mol. The van der Waals surface area contributed by atoms with E-state index in [-0.39, 0.29) is 23.6 Å². The third-order valence-electron chi connectivity index (χ3n) is 5.72. The van der Waals surface area contributed by atoms with Gasteiger partial charge < -0.3 is 20.7 Å². The van der Waals surface area contributed by atoms with Crippen molar-refractivity contribution in [3.8, 4) is 5.75 Å². The van der Waals surface area contributed by atoms with E-state index in [1.807, 2.05) is 12.1 Å². The van der Waals surface area contributed by atoms with Gasteiger partial charge in [-0.2, -0.15) is 0 Å². The number of nitrogens with zero attached hydrogens (tertiary/aromatic N) is 3. The van der Waals surface area contributed by atoms with E-state index < -0.39 is 0 Å². The lowest BCUT2D eigenvalue weighted by atomic mass is 9.94. The van der Waals surface area contributed by atoms with Crippen molar-refractivity contribution in [1.82, 2.24) is 20.2 Å². The number of piperidine rings is 1. The molecule has 1 unspecified atom stereocenters. The van der Waals surface area contributed by atoms with Gasteiger partial charge >= 0.3 is 0 Å². The normalized spacial score (nSPS) is 18.3. The number of nitrogens with two attached hydrogens (primary N) is 1. The Morgan fingerprint density at radius 2 is 2.20 bits per heavy atom. The maximum absolute atomic E-state index is 12.7. The Labute approximate surface area is 175 Å². The molecule has 2 amide bonds. The molecule has 1 saturated heterocycles. The van der Waals surface area contributed by atoms with Gasteiger partial charge in [0.05, 0.1) is 12.2 Å². The number of benzene rings is 1. The molecule has 1 fully saturated rings. The van der Waals surface area contributed by atoms with E-state index in [9.17, 15) is 9.59 Å². The van der Waals surface area contributed by atoms with Crippen molar-refractivity contribution < 1.29 is 14.3 Å². The summed E-state index contributed by atoms with van der Waals surface area (Å²) in [6, 6.07) is 6.10. The Hall–Kier alpha value is -3.16. The summed E-state index contributed by atoms with van der Waals surface area (Å²) >= 11 is 0. The fraction of sp³-hybridized carbons (Fsp3) is 0.455. The number of hydrogen-bond acceptors (Lipinski definition) is 6. The van der Waals surface area contributed by atoms with Crippen molar-refractivity contribution in [2.75, 3.05) is 25.4 Å². The van der Waals surface area contributed by atoms with Crippen molar-refractivity contribution in [2.24, 2.45) is 5.92 Å². The summed E-state index contributed by atoms with van der Waals surface area (Å²) in [6.45, 7) is 2.46. The number of anilines is 1. The van der Waals surface area contributed by atoms with Crippen LogP contribution in [0.3, 0.4) is 0 Å². The van der Waals surface area contributed by atoms with Crippen LogP contribution in [0.25, 0.3) is 0 Å². The smallest absolute Gasteiger partial charge is 0.259 e. The first-order valence-corrected chi connectivity index (χ1v) is 10.5. The maximum atomic E-state index is 12.7. The number of aryl methyl sites for hydroxylation is 1. The van der Waals surface area contributed by atoms with Crippen LogP contribution < -0.4 is 15.8 Å². The molecule has 3 heterocycles. The van der Waals surface area contributed by atoms with Gasteiger partial charge in [0.25, 0.3) is 5.91 Å². The Morgan fingerprint density at radius 3 is 3.07 bits per heavy atom. The maximum Gasteiger partial charge on any atom is 0.259 e. The van der Waals surface area contributed by atoms with Crippen molar-refractivity contribution in [2.45, 2.75) is 38.6 Å². The summed E-state index contributed by atoms with van der Waals surface area (Å²) in [5.41, 5.74) is 8.41. The number of likely N-dealkylation sites (tertiary alicyclic amines) is 1. The molecule has 30 heavy (non-hydrogen) atoms. The predicted octanol–water partition coefficient (Wildman–Crippen LogP) is 1.94. The highest BCUT2D eigenvalue weighted by atomic mass is 16.5. The lowest BCUT2D eigenvalue weighted by Gasteiger charge is -2.32. The highest BCUT2D eigenvalue weighted by molar-refractivity contribution is 5.98. The van der Waals surface area contributed by atoms with Crippen molar-refractivity contribution in [3.63, 3.8) is 0 Å². The molecule has 0 saturated carbocycles. The minimum atomic E-state index is -0.172. The summed E-state index contributed by atoms with van der Waals surface area (Å²) in [4.78, 5) is 34.8. The molecule has 2 aliphatic heterocycles. The number of fused-ring (bicyclic) bond motifs is 1. The van der Waals surface area contributed by atoms with Gasteiger partial charge in [-0.3, -0.25) is 9.59 Å². The van der Waals surface area contributed by atoms with Gasteiger partial charge in [0.1, 0.15) is 17.9 Å². The van der Waals surface area contributed by atoms with E-state index in [1.54, 1.807) is 4.90 Å². The third kappa shape index (κ3) is 4.69. The zero-order valence-electron chi connectivity index (χ0n) is 17.0. The van der Waals surface area contributed by atoms with Crippen LogP contribution in [0.5, 0.6) is 5.75 Å². The molecule has 8 nitrogen and oxygen atoms in total. The topological polar surface area (TPSA) is 110 Å². The second kappa shape index (κ2) is 9.11. The van der Waals surface area contributed by atoms with Crippen LogP contribution in [0.2, 0.25) is 0 Å². The SMILES string of the molecule is Nc1ncncc1C(=O)N1CCCC(CC(=O)NCc2ccc3c(c2)CCCO3)C1. The molecule has 2 aliphatic rings. The molecule has 0 aliphatic carbocycles. The Bertz CT molecular complexity index is 933. The van der Waals surface area contributed by atoms with Gasteiger partial charge in [0.15, 0.2) is 0 Å². The number of ether oxygens (including phenoxy) is 1. The first-order chi connectivity index (χ1) is 14.6. The minimum absolute atomic E-state index is 0.00540. The molecule has 0 bridgehead atoms. The Balaban J connectivity index is 1.29. The Morgan fingerprint density at radius 1 is 1.30 bits per heavy atom. The fourth-order valence-corrected chi connectivity index (χ4v) is 4.15. The van der Waals surface area contributed by atoms with E-state index >= 15 is 0 Å². The number of amides is 2. The van der Waals surface area contributed by atoms with E-state index in [2.05, 4.69) is 21.4 Å². The molecule has 1 aromatic carbocycles. The highest BCUT2D eigenvalue weighted by Crippen LogP contribution is 2.26. The Kier molecular flexibility index (Phi) is 6.11. The minimum Gasteiger partial charge on any atom is -0.493 e. The second-order valence-corrected chi connectivity index (χ2v) is 7.96. The molecule has 4 rings (SSSR count).